The number of rotatable bonds is 5. The van der Waals surface area contributed by atoms with Gasteiger partial charge in [-0.3, -0.25) is 9.88 Å². The lowest BCUT2D eigenvalue weighted by Crippen LogP contribution is -2.43. The van der Waals surface area contributed by atoms with Crippen LogP contribution in [0, 0.1) is 0 Å². The van der Waals surface area contributed by atoms with Gasteiger partial charge in [-0.2, -0.15) is 0 Å². The summed E-state index contributed by atoms with van der Waals surface area (Å²) in [5, 5.41) is 0. The first-order chi connectivity index (χ1) is 9.82. The highest BCUT2D eigenvalue weighted by molar-refractivity contribution is 5.88. The lowest BCUT2D eigenvalue weighted by Gasteiger charge is -2.32. The molecule has 1 aromatic heterocycles. The Kier molecular flexibility index (Phi) is 6.15. The second-order valence-corrected chi connectivity index (χ2v) is 6.03. The van der Waals surface area contributed by atoms with Crippen LogP contribution in [0.15, 0.2) is 18.3 Å². The molecule has 5 heteroatoms. The van der Waals surface area contributed by atoms with Crippen LogP contribution in [0.25, 0.3) is 0 Å². The Labute approximate surface area is 127 Å². The topological polar surface area (TPSA) is 68.5 Å². The van der Waals surface area contributed by atoms with Crippen molar-refractivity contribution in [1.82, 2.24) is 4.98 Å². The molecule has 1 amide bonds. The summed E-state index contributed by atoms with van der Waals surface area (Å²) >= 11 is 0. The van der Waals surface area contributed by atoms with Gasteiger partial charge >= 0.3 is 6.09 Å². The Morgan fingerprint density at radius 2 is 1.95 bits per heavy atom. The number of aromatic nitrogens is 1. The first-order valence-corrected chi connectivity index (χ1v) is 7.49. The van der Waals surface area contributed by atoms with Gasteiger partial charge in [-0.05, 0) is 45.7 Å². The van der Waals surface area contributed by atoms with Crippen LogP contribution in [-0.4, -0.2) is 22.7 Å². The van der Waals surface area contributed by atoms with Crippen LogP contribution in [0.1, 0.15) is 53.2 Å². The number of nitrogens with two attached hydrogens (primary N) is 1. The van der Waals surface area contributed by atoms with Gasteiger partial charge in [0.1, 0.15) is 5.60 Å². The number of carbonyl (C=O) groups excluding carboxylic acids is 1. The van der Waals surface area contributed by atoms with Crippen molar-refractivity contribution in [3.05, 3.63) is 24.0 Å². The monoisotopic (exact) mass is 293 g/mol. The van der Waals surface area contributed by atoms with Gasteiger partial charge in [-0.15, -0.1) is 0 Å². The maximum atomic E-state index is 12.5. The summed E-state index contributed by atoms with van der Waals surface area (Å²) in [5.74, 6) is 0. The molecule has 0 fully saturated rings. The molecule has 0 radical (unpaired) electrons. The fraction of sp³-hybridized carbons (Fsp3) is 0.625. The number of nitrogens with zero attached hydrogens (tertiary/aromatic N) is 2. The van der Waals surface area contributed by atoms with Crippen LogP contribution in [0.2, 0.25) is 0 Å². The van der Waals surface area contributed by atoms with E-state index in [2.05, 4.69) is 18.8 Å². The van der Waals surface area contributed by atoms with Crippen LogP contribution in [-0.2, 0) is 11.3 Å². The molecule has 0 aliphatic heterocycles. The van der Waals surface area contributed by atoms with Crippen molar-refractivity contribution < 1.29 is 9.53 Å². The van der Waals surface area contributed by atoms with Crippen LogP contribution < -0.4 is 10.6 Å². The maximum Gasteiger partial charge on any atom is 0.415 e. The van der Waals surface area contributed by atoms with E-state index in [1.807, 2.05) is 32.9 Å². The Balaban J connectivity index is 3.08. The summed E-state index contributed by atoms with van der Waals surface area (Å²) in [6, 6.07) is 3.80. The summed E-state index contributed by atoms with van der Waals surface area (Å²) in [7, 11) is 0. The third-order valence-electron chi connectivity index (χ3n) is 3.19. The molecule has 1 heterocycles. The van der Waals surface area contributed by atoms with Crippen molar-refractivity contribution in [2.45, 2.75) is 65.6 Å². The summed E-state index contributed by atoms with van der Waals surface area (Å²) in [6.45, 7) is 10.1. The molecule has 2 N–H and O–H groups in total. The van der Waals surface area contributed by atoms with Crippen LogP contribution in [0.3, 0.4) is 0 Å². The normalized spacial score (nSPS) is 11.6. The van der Waals surface area contributed by atoms with E-state index in [-0.39, 0.29) is 12.1 Å². The summed E-state index contributed by atoms with van der Waals surface area (Å²) in [4.78, 5) is 18.5. The molecule has 0 atom stereocenters. The average molecular weight is 293 g/mol. The van der Waals surface area contributed by atoms with Crippen molar-refractivity contribution in [1.29, 1.82) is 0 Å². The van der Waals surface area contributed by atoms with E-state index in [1.54, 1.807) is 11.1 Å². The SMILES string of the molecule is CCC(CC)N(C(=O)OC(C)(C)C)c1ccc(CN)nc1. The van der Waals surface area contributed by atoms with Gasteiger partial charge in [-0.25, -0.2) is 4.79 Å². The van der Waals surface area contributed by atoms with E-state index < -0.39 is 5.60 Å². The van der Waals surface area contributed by atoms with E-state index in [1.165, 1.54) is 0 Å². The van der Waals surface area contributed by atoms with Crippen LogP contribution in [0.5, 0.6) is 0 Å². The largest absolute Gasteiger partial charge is 0.443 e. The Morgan fingerprint density at radius 1 is 1.33 bits per heavy atom. The highest BCUT2D eigenvalue weighted by Gasteiger charge is 2.28. The van der Waals surface area contributed by atoms with E-state index in [0.717, 1.165) is 24.2 Å². The minimum absolute atomic E-state index is 0.0883. The van der Waals surface area contributed by atoms with Gasteiger partial charge < -0.3 is 10.5 Å². The molecule has 0 unspecified atom stereocenters. The predicted molar refractivity (Wildman–Crippen MR) is 85.2 cm³/mol. The lowest BCUT2D eigenvalue weighted by molar-refractivity contribution is 0.0563. The Hall–Kier alpha value is -1.62. The van der Waals surface area contributed by atoms with Gasteiger partial charge in [0, 0.05) is 12.6 Å². The average Bonchev–Trinajstić information content (AvgIpc) is 2.42. The van der Waals surface area contributed by atoms with Gasteiger partial charge in [0.2, 0.25) is 0 Å². The minimum atomic E-state index is -0.522. The first-order valence-electron chi connectivity index (χ1n) is 7.49. The molecular weight excluding hydrogens is 266 g/mol. The van der Waals surface area contributed by atoms with Crippen molar-refractivity contribution >= 4 is 11.8 Å². The molecule has 0 aliphatic carbocycles. The number of anilines is 1. The van der Waals surface area contributed by atoms with Gasteiger partial charge in [0.25, 0.3) is 0 Å². The van der Waals surface area contributed by atoms with E-state index in [9.17, 15) is 4.79 Å². The second kappa shape index (κ2) is 7.41. The van der Waals surface area contributed by atoms with Crippen molar-refractivity contribution in [2.24, 2.45) is 5.73 Å². The smallest absolute Gasteiger partial charge is 0.415 e. The number of pyridine rings is 1. The molecule has 0 saturated carbocycles. The highest BCUT2D eigenvalue weighted by atomic mass is 16.6. The van der Waals surface area contributed by atoms with Crippen LogP contribution >= 0.6 is 0 Å². The standard InChI is InChI=1S/C16H27N3O2/c1-6-13(7-2)19(15(20)21-16(3,4)5)14-9-8-12(10-17)18-11-14/h8-9,11,13H,6-7,10,17H2,1-5H3. The number of hydrogen-bond acceptors (Lipinski definition) is 4. The molecule has 0 saturated heterocycles. The molecule has 5 nitrogen and oxygen atoms in total. The molecule has 1 aromatic rings. The zero-order valence-corrected chi connectivity index (χ0v) is 13.7. The second-order valence-electron chi connectivity index (χ2n) is 6.03. The van der Waals surface area contributed by atoms with Gasteiger partial charge in [0.15, 0.2) is 0 Å². The maximum absolute atomic E-state index is 12.5. The van der Waals surface area contributed by atoms with Crippen molar-refractivity contribution in [3.8, 4) is 0 Å². The number of ether oxygens (including phenoxy) is 1. The third kappa shape index (κ3) is 5.01. The van der Waals surface area contributed by atoms with Crippen molar-refractivity contribution in [3.63, 3.8) is 0 Å². The molecule has 0 aliphatic rings. The minimum Gasteiger partial charge on any atom is -0.443 e. The molecule has 21 heavy (non-hydrogen) atoms. The molecule has 0 aromatic carbocycles. The molecule has 1 rings (SSSR count). The zero-order valence-electron chi connectivity index (χ0n) is 13.7. The quantitative estimate of drug-likeness (QED) is 0.902. The summed E-state index contributed by atoms with van der Waals surface area (Å²) in [6.07, 6.45) is 3.06. The Morgan fingerprint density at radius 3 is 2.33 bits per heavy atom. The third-order valence-corrected chi connectivity index (χ3v) is 3.19. The summed E-state index contributed by atoms with van der Waals surface area (Å²) < 4.78 is 5.53. The molecular formula is C16H27N3O2. The van der Waals surface area contributed by atoms with Gasteiger partial charge in [-0.1, -0.05) is 13.8 Å². The zero-order chi connectivity index (χ0) is 16.0. The molecule has 0 spiro atoms. The van der Waals surface area contributed by atoms with E-state index in [0.29, 0.717) is 6.54 Å². The van der Waals surface area contributed by atoms with Gasteiger partial charge in [0.05, 0.1) is 17.6 Å². The number of amides is 1. The van der Waals surface area contributed by atoms with E-state index in [4.69, 9.17) is 10.5 Å². The predicted octanol–water partition coefficient (Wildman–Crippen LogP) is 3.47. The Bertz CT molecular complexity index is 448. The molecule has 0 bridgehead atoms. The highest BCUT2D eigenvalue weighted by Crippen LogP contribution is 2.23. The van der Waals surface area contributed by atoms with Crippen molar-refractivity contribution in [2.75, 3.05) is 4.90 Å². The van der Waals surface area contributed by atoms with Crippen LogP contribution in [0.4, 0.5) is 10.5 Å². The fourth-order valence-electron chi connectivity index (χ4n) is 2.11. The summed E-state index contributed by atoms with van der Waals surface area (Å²) in [5.41, 5.74) is 6.59. The molecule has 118 valence electrons. The lowest BCUT2D eigenvalue weighted by atomic mass is 10.1. The number of hydrogen-bond donors (Lipinski definition) is 1. The number of carbonyl (C=O) groups is 1. The first kappa shape index (κ1) is 17.4. The fourth-order valence-corrected chi connectivity index (χ4v) is 2.11. The van der Waals surface area contributed by atoms with E-state index >= 15 is 0 Å².